The number of hydrogen-bond donors (Lipinski definition) is 0. The zero-order valence-electron chi connectivity index (χ0n) is 52.0. The Morgan fingerprint density at radius 3 is 0.719 bits per heavy atom. The second-order valence-electron chi connectivity index (χ2n) is 24.4. The molecule has 0 bridgehead atoms. The van der Waals surface area contributed by atoms with Gasteiger partial charge in [-0.05, 0) is 145 Å². The highest BCUT2D eigenvalue weighted by Gasteiger charge is 2.29. The van der Waals surface area contributed by atoms with E-state index in [0.717, 1.165) is 105 Å². The first-order valence-corrected chi connectivity index (χ1v) is 32.5. The molecular weight excluding hydrogens is 1170 g/mol. The van der Waals surface area contributed by atoms with Gasteiger partial charge in [-0.15, -0.1) is 0 Å². The lowest BCUT2D eigenvalue weighted by Gasteiger charge is -2.26. The highest BCUT2D eigenvalue weighted by Crippen LogP contribution is 2.56. The summed E-state index contributed by atoms with van der Waals surface area (Å²) in [5.41, 5.74) is 18.8. The zero-order valence-corrected chi connectivity index (χ0v) is 52.0. The Balaban J connectivity index is 0.994. The van der Waals surface area contributed by atoms with E-state index >= 15 is 0 Å². The maximum absolute atomic E-state index is 5.30. The van der Waals surface area contributed by atoms with Gasteiger partial charge in [-0.25, -0.2) is 29.9 Å². The molecule has 0 spiro atoms. The average molecular weight is 1220 g/mol. The molecule has 0 saturated carbocycles. The zero-order chi connectivity index (χ0) is 63.5. The largest absolute Gasteiger partial charge is 0.208 e. The van der Waals surface area contributed by atoms with Gasteiger partial charge >= 0.3 is 0 Å². The van der Waals surface area contributed by atoms with Crippen molar-refractivity contribution in [2.75, 3.05) is 0 Å². The molecule has 0 saturated heterocycles. The van der Waals surface area contributed by atoms with Crippen molar-refractivity contribution < 1.29 is 0 Å². The van der Waals surface area contributed by atoms with Crippen molar-refractivity contribution in [1.82, 2.24) is 29.9 Å². The summed E-state index contributed by atoms with van der Waals surface area (Å²) >= 11 is 0. The predicted molar refractivity (Wildman–Crippen MR) is 397 cm³/mol. The van der Waals surface area contributed by atoms with Gasteiger partial charge in [0.05, 0.1) is 0 Å². The van der Waals surface area contributed by atoms with Crippen molar-refractivity contribution in [3.8, 4) is 135 Å². The van der Waals surface area contributed by atoms with Gasteiger partial charge in [0.1, 0.15) is 0 Å². The van der Waals surface area contributed by atoms with Gasteiger partial charge in [-0.3, -0.25) is 0 Å². The second kappa shape index (κ2) is 23.7. The molecule has 16 aromatic carbocycles. The fourth-order valence-electron chi connectivity index (χ4n) is 14.4. The lowest BCUT2D eigenvalue weighted by molar-refractivity contribution is 1.07. The summed E-state index contributed by atoms with van der Waals surface area (Å²) in [6.07, 6.45) is 0. The smallest absolute Gasteiger partial charge is 0.164 e. The molecule has 18 aromatic rings. The minimum Gasteiger partial charge on any atom is -0.208 e. The standard InChI is InChI=1S/C90H56N6/c1-9-29-57(30-10-1)73-55-75(59-33-13-3-14-34-59)81-69-49-27-52-72-79(69)80-70(50-28-51-71(80)83(81)77(73)60-35-15-4-16-36-60)82-76(65-45-25-47-67(53-65)89-93-85(61-37-17-5-18-38-61)91-86(94-89)62-39-19-6-20-40-62)56-74(58-31-11-2-12-32-58)78(84(72)82)66-46-26-48-68(54-66)90-95-87(63-41-21-7-22-42-63)92-88(96-90)64-43-23-8-24-44-64/h1-56H. The Hall–Kier alpha value is -12.9. The minimum atomic E-state index is 0.582. The molecule has 0 aliphatic carbocycles. The van der Waals surface area contributed by atoms with Gasteiger partial charge in [0.15, 0.2) is 34.9 Å². The summed E-state index contributed by atoms with van der Waals surface area (Å²) in [5, 5.41) is 11.8. The average Bonchev–Trinajstić information content (AvgIpc) is 0.681. The number of nitrogens with zero attached hydrogens (tertiary/aromatic N) is 6. The van der Waals surface area contributed by atoms with E-state index in [0.29, 0.717) is 34.9 Å². The summed E-state index contributed by atoms with van der Waals surface area (Å²) in [6, 6.07) is 121. The number of benzene rings is 16. The first kappa shape index (κ1) is 55.9. The minimum absolute atomic E-state index is 0.582. The monoisotopic (exact) mass is 1220 g/mol. The van der Waals surface area contributed by atoms with E-state index in [4.69, 9.17) is 29.9 Å². The van der Waals surface area contributed by atoms with Crippen LogP contribution in [0.3, 0.4) is 0 Å². The molecule has 0 fully saturated rings. The van der Waals surface area contributed by atoms with Crippen molar-refractivity contribution in [2.24, 2.45) is 0 Å². The molecule has 6 heteroatoms. The van der Waals surface area contributed by atoms with Crippen LogP contribution in [0.2, 0.25) is 0 Å². The molecular formula is C90H56N6. The third kappa shape index (κ3) is 9.74. The van der Waals surface area contributed by atoms with Gasteiger partial charge in [-0.1, -0.05) is 315 Å². The van der Waals surface area contributed by atoms with Crippen LogP contribution in [0.1, 0.15) is 0 Å². The second-order valence-corrected chi connectivity index (χ2v) is 24.4. The van der Waals surface area contributed by atoms with Gasteiger partial charge in [0.2, 0.25) is 0 Å². The quantitative estimate of drug-likeness (QED) is 0.0896. The SMILES string of the molecule is c1ccc(-c2nc(-c3ccccc3)nc(-c3cccc(-c4cc(-c5ccccc5)c(-c5cccc(-c6nc(-c7ccccc7)nc(-c7ccccc7)n6)c5)c5c6cccc7c8c(-c9ccccc9)cc(-c9ccccc9)c(-c9ccccc9)c8c8cccc(c45)c8c76)c3)n2)cc1. The Morgan fingerprint density at radius 2 is 0.365 bits per heavy atom. The van der Waals surface area contributed by atoms with Crippen molar-refractivity contribution >= 4 is 53.9 Å². The normalized spacial score (nSPS) is 11.5. The fraction of sp³-hybridized carbons (Fsp3) is 0. The predicted octanol–water partition coefficient (Wildman–Crippen LogP) is 23.3. The van der Waals surface area contributed by atoms with Crippen LogP contribution < -0.4 is 0 Å². The molecule has 446 valence electrons. The van der Waals surface area contributed by atoms with E-state index in [-0.39, 0.29) is 0 Å². The molecule has 0 aliphatic heterocycles. The van der Waals surface area contributed by atoms with Gasteiger partial charge in [0, 0.05) is 33.4 Å². The maximum atomic E-state index is 5.30. The van der Waals surface area contributed by atoms with Crippen molar-refractivity contribution in [1.29, 1.82) is 0 Å². The number of rotatable bonds is 12. The first-order valence-electron chi connectivity index (χ1n) is 32.5. The molecule has 0 atom stereocenters. The highest BCUT2D eigenvalue weighted by atomic mass is 15.0. The van der Waals surface area contributed by atoms with E-state index in [1.165, 1.54) is 49.0 Å². The lowest BCUT2D eigenvalue weighted by Crippen LogP contribution is -2.01. The van der Waals surface area contributed by atoms with Crippen LogP contribution in [0.5, 0.6) is 0 Å². The number of hydrogen-bond acceptors (Lipinski definition) is 6. The summed E-state index contributed by atoms with van der Waals surface area (Å²) in [4.78, 5) is 31.4. The molecule has 0 aliphatic rings. The molecule has 2 aromatic heterocycles. The van der Waals surface area contributed by atoms with Crippen LogP contribution in [-0.2, 0) is 0 Å². The fourth-order valence-corrected chi connectivity index (χ4v) is 14.4. The van der Waals surface area contributed by atoms with E-state index < -0.39 is 0 Å². The third-order valence-electron chi connectivity index (χ3n) is 18.7. The van der Waals surface area contributed by atoms with E-state index in [1.54, 1.807) is 0 Å². The lowest BCUT2D eigenvalue weighted by atomic mass is 9.77. The summed E-state index contributed by atoms with van der Waals surface area (Å²) in [7, 11) is 0. The third-order valence-corrected chi connectivity index (χ3v) is 18.7. The number of fused-ring (bicyclic) bond motifs is 6. The van der Waals surface area contributed by atoms with Gasteiger partial charge in [0.25, 0.3) is 0 Å². The van der Waals surface area contributed by atoms with E-state index in [2.05, 4.69) is 267 Å². The van der Waals surface area contributed by atoms with Crippen LogP contribution in [0, 0.1) is 0 Å². The van der Waals surface area contributed by atoms with Crippen molar-refractivity contribution in [3.63, 3.8) is 0 Å². The Bertz CT molecular complexity index is 5840. The summed E-state index contributed by atoms with van der Waals surface area (Å²) in [6.45, 7) is 0. The van der Waals surface area contributed by atoms with E-state index in [9.17, 15) is 0 Å². The summed E-state index contributed by atoms with van der Waals surface area (Å²) in [5.74, 6) is 3.59. The van der Waals surface area contributed by atoms with Crippen LogP contribution in [-0.4, -0.2) is 29.9 Å². The maximum Gasteiger partial charge on any atom is 0.164 e. The van der Waals surface area contributed by atoms with Gasteiger partial charge < -0.3 is 0 Å². The van der Waals surface area contributed by atoms with Crippen LogP contribution in [0.25, 0.3) is 189 Å². The van der Waals surface area contributed by atoms with Gasteiger partial charge in [-0.2, -0.15) is 0 Å². The topological polar surface area (TPSA) is 77.3 Å². The first-order chi connectivity index (χ1) is 47.6. The molecule has 18 rings (SSSR count). The molecule has 0 amide bonds. The Morgan fingerprint density at radius 1 is 0.135 bits per heavy atom. The molecule has 0 radical (unpaired) electrons. The summed E-state index contributed by atoms with van der Waals surface area (Å²) < 4.78 is 0. The molecule has 0 unspecified atom stereocenters. The molecule has 0 N–H and O–H groups in total. The molecule has 2 heterocycles. The van der Waals surface area contributed by atoms with E-state index in [1.807, 2.05) is 72.8 Å². The van der Waals surface area contributed by atoms with Crippen LogP contribution in [0.15, 0.2) is 340 Å². The van der Waals surface area contributed by atoms with Crippen molar-refractivity contribution in [3.05, 3.63) is 340 Å². The Labute approximate surface area is 555 Å². The van der Waals surface area contributed by atoms with Crippen LogP contribution >= 0.6 is 0 Å². The molecule has 96 heavy (non-hydrogen) atoms. The van der Waals surface area contributed by atoms with Crippen molar-refractivity contribution in [2.45, 2.75) is 0 Å². The Kier molecular flexibility index (Phi) is 13.8. The van der Waals surface area contributed by atoms with Crippen LogP contribution in [0.4, 0.5) is 0 Å². The highest BCUT2D eigenvalue weighted by molar-refractivity contribution is 6.45. The number of aromatic nitrogens is 6. The molecule has 6 nitrogen and oxygen atoms in total.